The molecule has 4 heteroatoms. The van der Waals surface area contributed by atoms with Crippen molar-refractivity contribution in [1.29, 1.82) is 0 Å². The van der Waals surface area contributed by atoms with Crippen molar-refractivity contribution < 1.29 is 4.79 Å². The Hall–Kier alpha value is -1.00. The Balaban J connectivity index is 1.58. The molecule has 2 atom stereocenters. The van der Waals surface area contributed by atoms with Crippen LogP contribution in [0.5, 0.6) is 0 Å². The number of carbonyl (C=O) groups is 1. The number of hydrogen-bond donors (Lipinski definition) is 2. The molecule has 1 aromatic carbocycles. The van der Waals surface area contributed by atoms with Crippen LogP contribution < -0.4 is 11.1 Å². The van der Waals surface area contributed by atoms with Crippen LogP contribution in [0.4, 0.5) is 0 Å². The Morgan fingerprint density at radius 2 is 2.14 bits per heavy atom. The van der Waals surface area contributed by atoms with Crippen LogP contribution in [0.25, 0.3) is 0 Å². The zero-order valence-corrected chi connectivity index (χ0v) is 13.4. The third kappa shape index (κ3) is 3.43. The number of aryl methyl sites for hydroxylation is 1. The highest BCUT2D eigenvalue weighted by Gasteiger charge is 2.46. The van der Waals surface area contributed by atoms with Gasteiger partial charge in [0, 0.05) is 17.0 Å². The Morgan fingerprint density at radius 1 is 1.38 bits per heavy atom. The van der Waals surface area contributed by atoms with Crippen LogP contribution in [0.15, 0.2) is 24.3 Å². The summed E-state index contributed by atoms with van der Waals surface area (Å²) in [4.78, 5) is 11.9. The highest BCUT2D eigenvalue weighted by molar-refractivity contribution is 7.99. The molecule has 2 aliphatic rings. The third-order valence-corrected chi connectivity index (χ3v) is 6.09. The summed E-state index contributed by atoms with van der Waals surface area (Å²) in [7, 11) is 0. The van der Waals surface area contributed by atoms with E-state index in [-0.39, 0.29) is 5.91 Å². The van der Waals surface area contributed by atoms with E-state index in [4.69, 9.17) is 5.73 Å². The summed E-state index contributed by atoms with van der Waals surface area (Å²) >= 11 is 1.97. The Bertz CT molecular complexity index is 529. The van der Waals surface area contributed by atoms with Crippen molar-refractivity contribution in [2.24, 2.45) is 5.73 Å². The monoisotopic (exact) mass is 304 g/mol. The number of primary amides is 1. The molecule has 21 heavy (non-hydrogen) atoms. The fourth-order valence-corrected chi connectivity index (χ4v) is 4.59. The van der Waals surface area contributed by atoms with Gasteiger partial charge in [-0.25, -0.2) is 0 Å². The van der Waals surface area contributed by atoms with E-state index < -0.39 is 5.54 Å². The van der Waals surface area contributed by atoms with E-state index in [1.54, 1.807) is 0 Å². The van der Waals surface area contributed by atoms with Crippen LogP contribution in [0.2, 0.25) is 0 Å². The maximum absolute atomic E-state index is 11.9. The van der Waals surface area contributed by atoms with Gasteiger partial charge in [-0.1, -0.05) is 24.3 Å². The zero-order chi connectivity index (χ0) is 14.9. The van der Waals surface area contributed by atoms with Crippen molar-refractivity contribution in [3.05, 3.63) is 35.4 Å². The average Bonchev–Trinajstić information content (AvgIpc) is 3.16. The molecule has 114 valence electrons. The summed E-state index contributed by atoms with van der Waals surface area (Å²) in [5, 5.41) is 4.05. The van der Waals surface area contributed by atoms with E-state index in [2.05, 4.69) is 36.5 Å². The van der Waals surface area contributed by atoms with Gasteiger partial charge < -0.3 is 11.1 Å². The fraction of sp³-hybridized carbons (Fsp3) is 0.588. The first-order valence-corrected chi connectivity index (χ1v) is 8.88. The molecule has 0 heterocycles. The van der Waals surface area contributed by atoms with E-state index in [0.29, 0.717) is 11.3 Å². The number of benzene rings is 1. The second kappa shape index (κ2) is 6.01. The molecule has 1 aromatic rings. The van der Waals surface area contributed by atoms with E-state index in [9.17, 15) is 4.79 Å². The van der Waals surface area contributed by atoms with E-state index in [0.717, 1.165) is 25.0 Å². The van der Waals surface area contributed by atoms with Gasteiger partial charge in [0.15, 0.2) is 0 Å². The van der Waals surface area contributed by atoms with Gasteiger partial charge in [-0.2, -0.15) is 11.8 Å². The zero-order valence-electron chi connectivity index (χ0n) is 12.6. The van der Waals surface area contributed by atoms with E-state index in [1.807, 2.05) is 11.8 Å². The van der Waals surface area contributed by atoms with Crippen LogP contribution in [0.3, 0.4) is 0 Å². The average molecular weight is 304 g/mol. The van der Waals surface area contributed by atoms with Gasteiger partial charge >= 0.3 is 0 Å². The number of amides is 1. The molecule has 0 aliphatic heterocycles. The molecule has 2 unspecified atom stereocenters. The molecule has 0 radical (unpaired) electrons. The molecule has 0 spiro atoms. The smallest absolute Gasteiger partial charge is 0.237 e. The van der Waals surface area contributed by atoms with Gasteiger partial charge in [0.1, 0.15) is 0 Å². The van der Waals surface area contributed by atoms with Crippen LogP contribution >= 0.6 is 11.8 Å². The number of nitrogens with one attached hydrogen (secondary N) is 1. The largest absolute Gasteiger partial charge is 0.368 e. The van der Waals surface area contributed by atoms with Gasteiger partial charge in [-0.3, -0.25) is 4.79 Å². The van der Waals surface area contributed by atoms with Crippen LogP contribution in [0, 0.1) is 6.92 Å². The van der Waals surface area contributed by atoms with E-state index in [1.165, 1.54) is 24.0 Å². The molecule has 0 saturated heterocycles. The normalized spacial score (nSPS) is 28.7. The molecule has 2 saturated carbocycles. The molecule has 0 aromatic heterocycles. The predicted octanol–water partition coefficient (Wildman–Crippen LogP) is 2.76. The molecule has 3 rings (SSSR count). The van der Waals surface area contributed by atoms with Gasteiger partial charge in [0.25, 0.3) is 0 Å². The van der Waals surface area contributed by atoms with Crippen molar-refractivity contribution >= 4 is 17.7 Å². The maximum atomic E-state index is 11.9. The Labute approximate surface area is 131 Å². The summed E-state index contributed by atoms with van der Waals surface area (Å²) in [5.74, 6) is 0.865. The lowest BCUT2D eigenvalue weighted by Gasteiger charge is -2.27. The minimum Gasteiger partial charge on any atom is -0.368 e. The van der Waals surface area contributed by atoms with E-state index >= 15 is 0 Å². The lowest BCUT2D eigenvalue weighted by molar-refractivity contribution is -0.124. The summed E-state index contributed by atoms with van der Waals surface area (Å²) in [6, 6.07) is 9.06. The molecular formula is C17H24N2OS. The van der Waals surface area contributed by atoms with Gasteiger partial charge in [-0.05, 0) is 50.2 Å². The van der Waals surface area contributed by atoms with Gasteiger partial charge in [-0.15, -0.1) is 0 Å². The lowest BCUT2D eigenvalue weighted by atomic mass is 9.96. The molecular weight excluding hydrogens is 280 g/mol. The Kier molecular flexibility index (Phi) is 4.27. The number of rotatable bonds is 6. The third-order valence-electron chi connectivity index (χ3n) is 4.73. The van der Waals surface area contributed by atoms with Crippen LogP contribution in [-0.2, 0) is 10.5 Å². The number of thioether (sulfide) groups is 1. The van der Waals surface area contributed by atoms with Crippen LogP contribution in [-0.4, -0.2) is 22.7 Å². The predicted molar refractivity (Wildman–Crippen MR) is 88.2 cm³/mol. The summed E-state index contributed by atoms with van der Waals surface area (Å²) in [6.45, 7) is 2.16. The fourth-order valence-electron chi connectivity index (χ4n) is 3.17. The van der Waals surface area contributed by atoms with Crippen molar-refractivity contribution in [3.63, 3.8) is 0 Å². The maximum Gasteiger partial charge on any atom is 0.237 e. The molecule has 2 fully saturated rings. The highest BCUT2D eigenvalue weighted by atomic mass is 32.2. The lowest BCUT2D eigenvalue weighted by Crippen LogP contribution is -2.54. The summed E-state index contributed by atoms with van der Waals surface area (Å²) in [6.07, 6.45) is 5.24. The van der Waals surface area contributed by atoms with Gasteiger partial charge in [0.2, 0.25) is 5.91 Å². The standard InChI is InChI=1S/C17H24N2OS/c1-12-4-2-3-5-13(12)11-21-15-8-9-17(10-15,16(18)20)19-14-6-7-14/h2-5,14-15,19H,6-11H2,1H3,(H2,18,20). The number of hydrogen-bond acceptors (Lipinski definition) is 3. The molecule has 3 N–H and O–H groups in total. The minimum atomic E-state index is -0.440. The highest BCUT2D eigenvalue weighted by Crippen LogP contribution is 2.40. The van der Waals surface area contributed by atoms with Crippen molar-refractivity contribution in [2.45, 2.75) is 61.6 Å². The first-order valence-electron chi connectivity index (χ1n) is 7.83. The molecule has 1 amide bonds. The second-order valence-corrected chi connectivity index (χ2v) is 7.76. The van der Waals surface area contributed by atoms with Crippen molar-refractivity contribution in [1.82, 2.24) is 5.32 Å². The summed E-state index contributed by atoms with van der Waals surface area (Å²) in [5.41, 5.74) is 8.00. The molecule has 0 bridgehead atoms. The SMILES string of the molecule is Cc1ccccc1CSC1CCC(NC2CC2)(C(N)=O)C1. The molecule has 3 nitrogen and oxygen atoms in total. The van der Waals surface area contributed by atoms with Crippen LogP contribution in [0.1, 0.15) is 43.2 Å². The second-order valence-electron chi connectivity index (χ2n) is 6.47. The quantitative estimate of drug-likeness (QED) is 0.849. The topological polar surface area (TPSA) is 55.1 Å². The van der Waals surface area contributed by atoms with Crippen molar-refractivity contribution in [3.8, 4) is 0 Å². The van der Waals surface area contributed by atoms with Crippen molar-refractivity contribution in [2.75, 3.05) is 0 Å². The van der Waals surface area contributed by atoms with Gasteiger partial charge in [0.05, 0.1) is 5.54 Å². The number of carbonyl (C=O) groups excluding carboxylic acids is 1. The Morgan fingerprint density at radius 3 is 2.81 bits per heavy atom. The molecule has 2 aliphatic carbocycles. The first kappa shape index (κ1) is 14.9. The first-order chi connectivity index (χ1) is 10.1. The summed E-state index contributed by atoms with van der Waals surface area (Å²) < 4.78 is 0. The number of nitrogens with two attached hydrogens (primary N) is 1. The minimum absolute atomic E-state index is 0.159.